The van der Waals surface area contributed by atoms with Gasteiger partial charge in [0.1, 0.15) is 5.69 Å². The summed E-state index contributed by atoms with van der Waals surface area (Å²) in [7, 11) is 0. The van der Waals surface area contributed by atoms with Crippen molar-refractivity contribution in [1.82, 2.24) is 4.98 Å². The molecule has 80 valence electrons. The Morgan fingerprint density at radius 2 is 2.07 bits per heavy atom. The molecule has 0 aliphatic carbocycles. The third kappa shape index (κ3) is 2.08. The zero-order chi connectivity index (χ0) is 10.9. The Bertz CT molecular complexity index is 369. The van der Waals surface area contributed by atoms with Crippen molar-refractivity contribution in [2.45, 2.75) is 12.6 Å². The molecule has 0 radical (unpaired) electrons. The summed E-state index contributed by atoms with van der Waals surface area (Å²) in [4.78, 5) is 3.35. The standard InChI is InChI=1S/C9H8F3N3/c10-9(11,12)8-3-2-7(6-13-8)15-5-1-4-14-15/h2-4,6H,1,5H2. The van der Waals surface area contributed by atoms with Crippen LogP contribution >= 0.6 is 0 Å². The van der Waals surface area contributed by atoms with Gasteiger partial charge in [0.15, 0.2) is 0 Å². The van der Waals surface area contributed by atoms with E-state index >= 15 is 0 Å². The molecule has 2 heterocycles. The van der Waals surface area contributed by atoms with Gasteiger partial charge in [-0.3, -0.25) is 5.01 Å². The number of hydrogen-bond donors (Lipinski definition) is 0. The molecule has 3 nitrogen and oxygen atoms in total. The van der Waals surface area contributed by atoms with Gasteiger partial charge in [0.25, 0.3) is 0 Å². The largest absolute Gasteiger partial charge is 0.433 e. The van der Waals surface area contributed by atoms with Gasteiger partial charge < -0.3 is 0 Å². The Hall–Kier alpha value is -1.59. The molecule has 0 saturated heterocycles. The number of nitrogens with zero attached hydrogens (tertiary/aromatic N) is 3. The summed E-state index contributed by atoms with van der Waals surface area (Å²) in [5.74, 6) is 0. The summed E-state index contributed by atoms with van der Waals surface area (Å²) in [5.41, 5.74) is -0.300. The first-order valence-electron chi connectivity index (χ1n) is 4.40. The van der Waals surface area contributed by atoms with Crippen LogP contribution in [0.25, 0.3) is 0 Å². The van der Waals surface area contributed by atoms with E-state index in [1.165, 1.54) is 12.3 Å². The molecule has 0 aromatic carbocycles. The lowest BCUT2D eigenvalue weighted by molar-refractivity contribution is -0.141. The van der Waals surface area contributed by atoms with Gasteiger partial charge in [-0.2, -0.15) is 18.3 Å². The van der Waals surface area contributed by atoms with Gasteiger partial charge in [0, 0.05) is 19.2 Å². The minimum atomic E-state index is -4.38. The molecular formula is C9H8F3N3. The third-order valence-electron chi connectivity index (χ3n) is 2.03. The SMILES string of the molecule is FC(F)(F)c1ccc(N2CCC=N2)cn1. The predicted molar refractivity (Wildman–Crippen MR) is 49.7 cm³/mol. The number of anilines is 1. The molecule has 0 spiro atoms. The van der Waals surface area contributed by atoms with Crippen LogP contribution in [0.15, 0.2) is 23.4 Å². The fourth-order valence-corrected chi connectivity index (χ4v) is 1.30. The maximum absolute atomic E-state index is 12.2. The van der Waals surface area contributed by atoms with Crippen molar-refractivity contribution in [3.8, 4) is 0 Å². The van der Waals surface area contributed by atoms with Gasteiger partial charge in [0.2, 0.25) is 0 Å². The van der Waals surface area contributed by atoms with Crippen LogP contribution in [-0.2, 0) is 6.18 Å². The van der Waals surface area contributed by atoms with Crippen LogP contribution in [0, 0.1) is 0 Å². The number of alkyl halides is 3. The second-order valence-electron chi connectivity index (χ2n) is 3.11. The normalized spacial score (nSPS) is 16.1. The lowest BCUT2D eigenvalue weighted by Crippen LogP contribution is -2.13. The molecule has 0 unspecified atom stereocenters. The Balaban J connectivity index is 2.20. The van der Waals surface area contributed by atoms with E-state index in [2.05, 4.69) is 10.1 Å². The minimum absolute atomic E-state index is 0.580. The zero-order valence-electron chi connectivity index (χ0n) is 7.70. The highest BCUT2D eigenvalue weighted by atomic mass is 19.4. The van der Waals surface area contributed by atoms with Crippen molar-refractivity contribution in [2.24, 2.45) is 5.10 Å². The molecule has 0 bridgehead atoms. The number of pyridine rings is 1. The predicted octanol–water partition coefficient (Wildman–Crippen LogP) is 2.30. The molecule has 2 rings (SSSR count). The third-order valence-corrected chi connectivity index (χ3v) is 2.03. The van der Waals surface area contributed by atoms with Crippen LogP contribution < -0.4 is 5.01 Å². The van der Waals surface area contributed by atoms with E-state index in [1.807, 2.05) is 0 Å². The molecule has 1 aromatic heterocycles. The average Bonchev–Trinajstić information content (AvgIpc) is 2.69. The molecule has 0 fully saturated rings. The molecule has 6 heteroatoms. The van der Waals surface area contributed by atoms with Crippen molar-refractivity contribution in [3.05, 3.63) is 24.0 Å². The second kappa shape index (κ2) is 3.52. The monoisotopic (exact) mass is 215 g/mol. The van der Waals surface area contributed by atoms with Crippen LogP contribution in [0.2, 0.25) is 0 Å². The lowest BCUT2D eigenvalue weighted by Gasteiger charge is -2.13. The van der Waals surface area contributed by atoms with Gasteiger partial charge in [-0.25, -0.2) is 4.98 Å². The average molecular weight is 215 g/mol. The van der Waals surface area contributed by atoms with Crippen LogP contribution in [0.4, 0.5) is 18.9 Å². The maximum Gasteiger partial charge on any atom is 0.433 e. The van der Waals surface area contributed by atoms with Crippen LogP contribution in [0.5, 0.6) is 0 Å². The zero-order valence-corrected chi connectivity index (χ0v) is 7.70. The molecule has 0 amide bonds. The van der Waals surface area contributed by atoms with Crippen LogP contribution in [-0.4, -0.2) is 17.7 Å². The van der Waals surface area contributed by atoms with E-state index in [-0.39, 0.29) is 0 Å². The summed E-state index contributed by atoms with van der Waals surface area (Å²) in [6, 6.07) is 2.33. The molecule has 1 aromatic rings. The van der Waals surface area contributed by atoms with E-state index < -0.39 is 11.9 Å². The fourth-order valence-electron chi connectivity index (χ4n) is 1.30. The number of halogens is 3. The summed E-state index contributed by atoms with van der Waals surface area (Å²) in [6.07, 6.45) is -0.670. The number of hydrazone groups is 1. The Morgan fingerprint density at radius 1 is 1.27 bits per heavy atom. The topological polar surface area (TPSA) is 28.5 Å². The van der Waals surface area contributed by atoms with Crippen LogP contribution in [0.3, 0.4) is 0 Å². The Kier molecular flexibility index (Phi) is 2.34. The maximum atomic E-state index is 12.2. The molecule has 15 heavy (non-hydrogen) atoms. The van der Waals surface area contributed by atoms with Crippen molar-refractivity contribution in [3.63, 3.8) is 0 Å². The van der Waals surface area contributed by atoms with Crippen molar-refractivity contribution in [2.75, 3.05) is 11.6 Å². The molecule has 0 atom stereocenters. The molecule has 0 saturated carbocycles. The highest BCUT2D eigenvalue weighted by Crippen LogP contribution is 2.28. The van der Waals surface area contributed by atoms with E-state index in [1.54, 1.807) is 11.2 Å². The van der Waals surface area contributed by atoms with Crippen LogP contribution in [0.1, 0.15) is 12.1 Å². The fraction of sp³-hybridized carbons (Fsp3) is 0.333. The first-order chi connectivity index (χ1) is 7.07. The number of rotatable bonds is 1. The highest BCUT2D eigenvalue weighted by molar-refractivity contribution is 5.64. The van der Waals surface area contributed by atoms with Gasteiger partial charge >= 0.3 is 6.18 Å². The molecular weight excluding hydrogens is 207 g/mol. The van der Waals surface area contributed by atoms with Gasteiger partial charge in [-0.1, -0.05) is 0 Å². The van der Waals surface area contributed by atoms with Gasteiger partial charge in [0.05, 0.1) is 11.9 Å². The summed E-state index contributed by atoms with van der Waals surface area (Å²) >= 11 is 0. The van der Waals surface area contributed by atoms with E-state index in [4.69, 9.17) is 0 Å². The highest BCUT2D eigenvalue weighted by Gasteiger charge is 2.32. The Morgan fingerprint density at radius 3 is 2.53 bits per heavy atom. The molecule has 0 N–H and O–H groups in total. The van der Waals surface area contributed by atoms with Crippen molar-refractivity contribution in [1.29, 1.82) is 0 Å². The first kappa shape index (κ1) is 9.95. The smallest absolute Gasteiger partial charge is 0.264 e. The molecule has 1 aliphatic rings. The van der Waals surface area contributed by atoms with E-state index in [0.29, 0.717) is 12.2 Å². The quantitative estimate of drug-likeness (QED) is 0.719. The Labute approximate surface area is 84.2 Å². The summed E-state index contributed by atoms with van der Waals surface area (Å²) < 4.78 is 36.6. The lowest BCUT2D eigenvalue weighted by atomic mass is 10.3. The van der Waals surface area contributed by atoms with Crippen molar-refractivity contribution < 1.29 is 13.2 Å². The number of hydrogen-bond acceptors (Lipinski definition) is 3. The van der Waals surface area contributed by atoms with E-state index in [0.717, 1.165) is 12.5 Å². The summed E-state index contributed by atoms with van der Waals surface area (Å²) in [6.45, 7) is 0.688. The number of aromatic nitrogens is 1. The second-order valence-corrected chi connectivity index (χ2v) is 3.11. The van der Waals surface area contributed by atoms with Crippen molar-refractivity contribution >= 4 is 11.9 Å². The van der Waals surface area contributed by atoms with Gasteiger partial charge in [-0.05, 0) is 12.1 Å². The molecule has 1 aliphatic heterocycles. The first-order valence-corrected chi connectivity index (χ1v) is 4.40. The van der Waals surface area contributed by atoms with Gasteiger partial charge in [-0.15, -0.1) is 0 Å². The minimum Gasteiger partial charge on any atom is -0.264 e. The van der Waals surface area contributed by atoms with E-state index in [9.17, 15) is 13.2 Å². The summed E-state index contributed by atoms with van der Waals surface area (Å²) in [5, 5.41) is 5.60.